The van der Waals surface area contributed by atoms with Gasteiger partial charge in [0.05, 0.1) is 18.5 Å². The summed E-state index contributed by atoms with van der Waals surface area (Å²) >= 11 is 1.84. The first-order valence-electron chi connectivity index (χ1n) is 7.55. The number of rotatable bonds is 5. The van der Waals surface area contributed by atoms with E-state index in [9.17, 15) is 4.79 Å². The molecule has 5 heteroatoms. The summed E-state index contributed by atoms with van der Waals surface area (Å²) in [6, 6.07) is 5.97. The lowest BCUT2D eigenvalue weighted by molar-refractivity contribution is 0.0860. The molecule has 0 aliphatic carbocycles. The summed E-state index contributed by atoms with van der Waals surface area (Å²) in [4.78, 5) is 14.8. The Hall–Kier alpha value is -1.46. The Labute approximate surface area is 135 Å². The Morgan fingerprint density at radius 3 is 2.77 bits per heavy atom. The molecule has 0 bridgehead atoms. The van der Waals surface area contributed by atoms with E-state index in [1.165, 1.54) is 5.56 Å². The molecule has 1 aromatic carbocycles. The lowest BCUT2D eigenvalue weighted by Gasteiger charge is -2.23. The molecule has 1 aliphatic rings. The number of ether oxygens (including phenoxy) is 1. The van der Waals surface area contributed by atoms with Gasteiger partial charge in [0.25, 0.3) is 0 Å². The molecule has 22 heavy (non-hydrogen) atoms. The minimum Gasteiger partial charge on any atom is -0.497 e. The number of methoxy groups -OCH3 is 1. The van der Waals surface area contributed by atoms with Crippen LogP contribution in [0.2, 0.25) is 0 Å². The summed E-state index contributed by atoms with van der Waals surface area (Å²) in [6.45, 7) is 0.962. The third-order valence-corrected chi connectivity index (χ3v) is 5.42. The van der Waals surface area contributed by atoms with Crippen molar-refractivity contribution in [2.24, 2.45) is 5.92 Å². The first kappa shape index (κ1) is 15.4. The Balaban J connectivity index is 2.02. The fourth-order valence-corrected chi connectivity index (χ4v) is 3.46. The van der Waals surface area contributed by atoms with Gasteiger partial charge >= 0.3 is 0 Å². The van der Waals surface area contributed by atoms with Crippen LogP contribution >= 0.6 is 11.8 Å². The fraction of sp³-hybridized carbons (Fsp3) is 0.471. The maximum absolute atomic E-state index is 12.7. The van der Waals surface area contributed by atoms with E-state index in [0.717, 1.165) is 41.1 Å². The number of benzene rings is 1. The van der Waals surface area contributed by atoms with Crippen LogP contribution in [-0.2, 0) is 6.42 Å². The van der Waals surface area contributed by atoms with Crippen molar-refractivity contribution in [3.63, 3.8) is 0 Å². The predicted molar refractivity (Wildman–Crippen MR) is 92.2 cm³/mol. The number of aromatic nitrogens is 1. The molecule has 118 valence electrons. The van der Waals surface area contributed by atoms with E-state index in [-0.39, 0.29) is 11.8 Å². The number of nitrogens with zero attached hydrogens (tertiary/aromatic N) is 2. The van der Waals surface area contributed by atoms with Crippen LogP contribution < -0.4 is 4.74 Å². The van der Waals surface area contributed by atoms with Gasteiger partial charge in [0.1, 0.15) is 5.75 Å². The van der Waals surface area contributed by atoms with Gasteiger partial charge in [-0.1, -0.05) is 0 Å². The maximum atomic E-state index is 12.7. The molecule has 3 rings (SSSR count). The smallest absolute Gasteiger partial charge is 0.235 e. The van der Waals surface area contributed by atoms with Crippen LogP contribution in [0.5, 0.6) is 5.75 Å². The first-order chi connectivity index (χ1) is 10.6. The van der Waals surface area contributed by atoms with Crippen LogP contribution in [0.3, 0.4) is 0 Å². The van der Waals surface area contributed by atoms with E-state index in [2.05, 4.69) is 19.0 Å². The van der Waals surface area contributed by atoms with E-state index < -0.39 is 0 Å². The number of hydrogen-bond acceptors (Lipinski definition) is 4. The Morgan fingerprint density at radius 1 is 1.41 bits per heavy atom. The molecule has 1 aromatic heterocycles. The molecule has 0 saturated carbocycles. The van der Waals surface area contributed by atoms with Crippen molar-refractivity contribution >= 4 is 28.6 Å². The third kappa shape index (κ3) is 2.88. The maximum Gasteiger partial charge on any atom is 0.235 e. The predicted octanol–water partition coefficient (Wildman–Crippen LogP) is 2.76. The number of fused-ring (bicyclic) bond motifs is 1. The lowest BCUT2D eigenvalue weighted by Crippen LogP contribution is -2.31. The quantitative estimate of drug-likeness (QED) is 0.849. The van der Waals surface area contributed by atoms with Crippen LogP contribution in [0.1, 0.15) is 10.4 Å². The molecule has 0 spiro atoms. The highest BCUT2D eigenvalue weighted by Crippen LogP contribution is 2.31. The molecular formula is C17H22N2O2S. The molecule has 4 nitrogen and oxygen atoms in total. The van der Waals surface area contributed by atoms with Gasteiger partial charge in [-0.15, -0.1) is 0 Å². The van der Waals surface area contributed by atoms with Gasteiger partial charge in [-0.3, -0.25) is 9.36 Å². The second-order valence-corrected chi connectivity index (χ2v) is 7.11. The average molecular weight is 318 g/mol. The summed E-state index contributed by atoms with van der Waals surface area (Å²) in [5, 5.41) is 1.13. The van der Waals surface area contributed by atoms with Crippen molar-refractivity contribution in [2.45, 2.75) is 6.42 Å². The van der Waals surface area contributed by atoms with E-state index in [4.69, 9.17) is 4.74 Å². The highest BCUT2D eigenvalue weighted by molar-refractivity contribution is 8.00. The molecule has 2 aromatic rings. The van der Waals surface area contributed by atoms with Crippen LogP contribution in [0.15, 0.2) is 24.4 Å². The molecule has 0 unspecified atom stereocenters. The zero-order chi connectivity index (χ0) is 15.7. The molecule has 0 amide bonds. The number of thioether (sulfide) groups is 1. The van der Waals surface area contributed by atoms with Gasteiger partial charge in [0.15, 0.2) is 0 Å². The summed E-state index contributed by atoms with van der Waals surface area (Å²) in [5.74, 6) is 3.13. The molecule has 1 fully saturated rings. The molecule has 0 radical (unpaired) electrons. The van der Waals surface area contributed by atoms with Crippen molar-refractivity contribution in [2.75, 3.05) is 39.3 Å². The molecule has 0 N–H and O–H groups in total. The van der Waals surface area contributed by atoms with Crippen molar-refractivity contribution in [1.82, 2.24) is 9.47 Å². The van der Waals surface area contributed by atoms with Gasteiger partial charge in [0, 0.05) is 29.6 Å². The number of likely N-dealkylation sites (N-methyl/N-ethyl adjacent to an activating group) is 1. The van der Waals surface area contributed by atoms with Gasteiger partial charge in [-0.2, -0.15) is 11.8 Å². The van der Waals surface area contributed by atoms with Gasteiger partial charge in [-0.05, 0) is 44.3 Å². The van der Waals surface area contributed by atoms with Crippen molar-refractivity contribution in [1.29, 1.82) is 0 Å². The summed E-state index contributed by atoms with van der Waals surface area (Å²) < 4.78 is 7.20. The van der Waals surface area contributed by atoms with E-state index in [1.54, 1.807) is 7.11 Å². The largest absolute Gasteiger partial charge is 0.497 e. The van der Waals surface area contributed by atoms with Crippen molar-refractivity contribution in [3.05, 3.63) is 30.0 Å². The van der Waals surface area contributed by atoms with Crippen LogP contribution in [0.25, 0.3) is 10.9 Å². The first-order valence-corrected chi connectivity index (χ1v) is 8.70. The molecule has 1 aliphatic heterocycles. The Kier molecular flexibility index (Phi) is 4.45. The molecule has 2 heterocycles. The zero-order valence-corrected chi connectivity index (χ0v) is 14.2. The van der Waals surface area contributed by atoms with Crippen LogP contribution in [0, 0.1) is 5.92 Å². The molecule has 1 saturated heterocycles. The topological polar surface area (TPSA) is 34.5 Å². The monoisotopic (exact) mass is 318 g/mol. The standard InChI is InChI=1S/C17H22N2O2S/c1-18(2)7-6-12-9-19(17(20)13-10-22-11-13)16-5-4-14(21-3)8-15(12)16/h4-5,8-9,13H,6-7,10-11H2,1-3H3. The minimum atomic E-state index is 0.171. The number of carbonyl (C=O) groups excluding carboxylic acids is 1. The summed E-state index contributed by atoms with van der Waals surface area (Å²) in [5.41, 5.74) is 2.21. The molecular weight excluding hydrogens is 296 g/mol. The Bertz CT molecular complexity index is 689. The average Bonchev–Trinajstić information content (AvgIpc) is 2.81. The lowest BCUT2D eigenvalue weighted by atomic mass is 10.1. The van der Waals surface area contributed by atoms with Crippen molar-refractivity contribution < 1.29 is 9.53 Å². The van der Waals surface area contributed by atoms with Gasteiger partial charge in [0.2, 0.25) is 5.91 Å². The van der Waals surface area contributed by atoms with E-state index >= 15 is 0 Å². The van der Waals surface area contributed by atoms with E-state index in [1.807, 2.05) is 40.7 Å². The van der Waals surface area contributed by atoms with E-state index in [0.29, 0.717) is 0 Å². The second kappa shape index (κ2) is 6.34. The molecule has 0 atom stereocenters. The SMILES string of the molecule is COc1ccc2c(c1)c(CCN(C)C)cn2C(=O)C1CSC1. The van der Waals surface area contributed by atoms with Crippen LogP contribution in [0.4, 0.5) is 0 Å². The van der Waals surface area contributed by atoms with Crippen molar-refractivity contribution in [3.8, 4) is 5.75 Å². The van der Waals surface area contributed by atoms with Crippen LogP contribution in [-0.4, -0.2) is 54.6 Å². The minimum absolute atomic E-state index is 0.171. The summed E-state index contributed by atoms with van der Waals surface area (Å²) in [6.07, 6.45) is 2.95. The number of hydrogen-bond donors (Lipinski definition) is 0. The highest BCUT2D eigenvalue weighted by Gasteiger charge is 2.28. The fourth-order valence-electron chi connectivity index (χ4n) is 2.70. The Morgan fingerprint density at radius 2 is 2.18 bits per heavy atom. The zero-order valence-electron chi connectivity index (χ0n) is 13.3. The summed E-state index contributed by atoms with van der Waals surface area (Å²) in [7, 11) is 5.81. The second-order valence-electron chi connectivity index (χ2n) is 6.03. The third-order valence-electron chi connectivity index (χ3n) is 4.15. The highest BCUT2D eigenvalue weighted by atomic mass is 32.2. The number of carbonyl (C=O) groups is 1. The normalized spacial score (nSPS) is 15.3. The van der Waals surface area contributed by atoms with Gasteiger partial charge < -0.3 is 9.64 Å². The van der Waals surface area contributed by atoms with Gasteiger partial charge in [-0.25, -0.2) is 0 Å².